The molecule has 0 unspecified atom stereocenters. The molecule has 1 amide bonds. The SMILES string of the molecule is CCNC(=O)CN=C(NCC)NCCCc1ccc(Cl)cc1Cl. The first-order valence-corrected chi connectivity index (χ1v) is 8.55. The number of aliphatic imine (C=N–C) groups is 1. The van der Waals surface area contributed by atoms with Crippen LogP contribution < -0.4 is 16.0 Å². The summed E-state index contributed by atoms with van der Waals surface area (Å²) in [6.07, 6.45) is 1.74. The number of carbonyl (C=O) groups excluding carboxylic acids is 1. The molecular formula is C16H24Cl2N4O. The maximum Gasteiger partial charge on any atom is 0.241 e. The van der Waals surface area contributed by atoms with E-state index >= 15 is 0 Å². The minimum Gasteiger partial charge on any atom is -0.357 e. The molecule has 1 rings (SSSR count). The molecule has 0 bridgehead atoms. The van der Waals surface area contributed by atoms with Crippen molar-refractivity contribution in [2.45, 2.75) is 26.7 Å². The van der Waals surface area contributed by atoms with E-state index in [-0.39, 0.29) is 12.5 Å². The Hall–Kier alpha value is -1.46. The van der Waals surface area contributed by atoms with Crippen LogP contribution >= 0.6 is 23.2 Å². The number of halogens is 2. The number of hydrogen-bond acceptors (Lipinski definition) is 2. The van der Waals surface area contributed by atoms with Crippen LogP contribution in [0.4, 0.5) is 0 Å². The van der Waals surface area contributed by atoms with E-state index in [1.165, 1.54) is 0 Å². The number of carbonyl (C=O) groups is 1. The molecule has 0 spiro atoms. The van der Waals surface area contributed by atoms with E-state index in [0.717, 1.165) is 31.5 Å². The van der Waals surface area contributed by atoms with Gasteiger partial charge in [0.05, 0.1) is 0 Å². The molecule has 128 valence electrons. The van der Waals surface area contributed by atoms with Crippen LogP contribution in [-0.4, -0.2) is 38.0 Å². The highest BCUT2D eigenvalue weighted by Crippen LogP contribution is 2.21. The average molecular weight is 359 g/mol. The van der Waals surface area contributed by atoms with Crippen molar-refractivity contribution in [1.82, 2.24) is 16.0 Å². The molecule has 0 heterocycles. The van der Waals surface area contributed by atoms with Crippen LogP contribution in [0.1, 0.15) is 25.8 Å². The summed E-state index contributed by atoms with van der Waals surface area (Å²) in [4.78, 5) is 15.7. The monoisotopic (exact) mass is 358 g/mol. The van der Waals surface area contributed by atoms with Gasteiger partial charge in [0.25, 0.3) is 0 Å². The minimum atomic E-state index is -0.0855. The van der Waals surface area contributed by atoms with Crippen LogP contribution in [0.2, 0.25) is 10.0 Å². The summed E-state index contributed by atoms with van der Waals surface area (Å²) in [6.45, 7) is 6.07. The predicted molar refractivity (Wildman–Crippen MR) is 97.4 cm³/mol. The van der Waals surface area contributed by atoms with Crippen molar-refractivity contribution in [2.75, 3.05) is 26.2 Å². The summed E-state index contributed by atoms with van der Waals surface area (Å²) in [5.41, 5.74) is 1.07. The Morgan fingerprint density at radius 2 is 1.87 bits per heavy atom. The number of amides is 1. The van der Waals surface area contributed by atoms with Gasteiger partial charge in [-0.15, -0.1) is 0 Å². The van der Waals surface area contributed by atoms with Crippen molar-refractivity contribution in [3.8, 4) is 0 Å². The molecule has 23 heavy (non-hydrogen) atoms. The largest absolute Gasteiger partial charge is 0.357 e. The third-order valence-corrected chi connectivity index (χ3v) is 3.62. The van der Waals surface area contributed by atoms with E-state index in [1.54, 1.807) is 6.07 Å². The molecule has 1 aromatic carbocycles. The van der Waals surface area contributed by atoms with E-state index in [9.17, 15) is 4.79 Å². The molecule has 0 atom stereocenters. The third kappa shape index (κ3) is 8.09. The molecule has 0 radical (unpaired) electrons. The fourth-order valence-corrected chi connectivity index (χ4v) is 2.46. The maximum atomic E-state index is 11.4. The number of guanidine groups is 1. The highest BCUT2D eigenvalue weighted by Gasteiger charge is 2.03. The standard InChI is InChI=1S/C16H24Cl2N4O/c1-3-19-15(23)11-22-16(20-4-2)21-9-5-6-12-7-8-13(17)10-14(12)18/h7-8,10H,3-6,9,11H2,1-2H3,(H,19,23)(H2,20,21,22). The highest BCUT2D eigenvalue weighted by atomic mass is 35.5. The number of nitrogens with one attached hydrogen (secondary N) is 3. The number of rotatable bonds is 8. The predicted octanol–water partition coefficient (Wildman–Crippen LogP) is 2.62. The number of benzene rings is 1. The lowest BCUT2D eigenvalue weighted by molar-refractivity contribution is -0.119. The molecule has 5 nitrogen and oxygen atoms in total. The molecule has 0 aliphatic heterocycles. The highest BCUT2D eigenvalue weighted by molar-refractivity contribution is 6.35. The van der Waals surface area contributed by atoms with E-state index < -0.39 is 0 Å². The molecule has 0 aliphatic rings. The summed E-state index contributed by atoms with van der Waals surface area (Å²) in [6, 6.07) is 5.54. The number of aryl methyl sites for hydroxylation is 1. The summed E-state index contributed by atoms with van der Waals surface area (Å²) >= 11 is 12.0. The van der Waals surface area contributed by atoms with Gasteiger partial charge < -0.3 is 16.0 Å². The van der Waals surface area contributed by atoms with Crippen molar-refractivity contribution in [3.05, 3.63) is 33.8 Å². The second kappa shape index (κ2) is 11.1. The van der Waals surface area contributed by atoms with Crippen molar-refractivity contribution in [1.29, 1.82) is 0 Å². The summed E-state index contributed by atoms with van der Waals surface area (Å²) in [5, 5.41) is 10.4. The van der Waals surface area contributed by atoms with Crippen LogP contribution in [0.5, 0.6) is 0 Å². The zero-order valence-electron chi connectivity index (χ0n) is 13.6. The molecular weight excluding hydrogens is 335 g/mol. The first kappa shape index (κ1) is 19.6. The smallest absolute Gasteiger partial charge is 0.241 e. The van der Waals surface area contributed by atoms with Gasteiger partial charge in [0.1, 0.15) is 6.54 Å². The molecule has 1 aromatic rings. The van der Waals surface area contributed by atoms with Crippen molar-refractivity contribution < 1.29 is 4.79 Å². The number of hydrogen-bond donors (Lipinski definition) is 3. The van der Waals surface area contributed by atoms with Crippen molar-refractivity contribution >= 4 is 35.1 Å². The molecule has 0 aliphatic carbocycles. The first-order valence-electron chi connectivity index (χ1n) is 7.79. The van der Waals surface area contributed by atoms with Crippen molar-refractivity contribution in [3.63, 3.8) is 0 Å². The van der Waals surface area contributed by atoms with Gasteiger partial charge in [0.2, 0.25) is 5.91 Å². The lowest BCUT2D eigenvalue weighted by Crippen LogP contribution is -2.39. The van der Waals surface area contributed by atoms with Crippen LogP contribution in [-0.2, 0) is 11.2 Å². The van der Waals surface area contributed by atoms with Gasteiger partial charge >= 0.3 is 0 Å². The van der Waals surface area contributed by atoms with Gasteiger partial charge in [-0.05, 0) is 44.4 Å². The van der Waals surface area contributed by atoms with Gasteiger partial charge in [0, 0.05) is 29.7 Å². The van der Waals surface area contributed by atoms with Crippen LogP contribution in [0.25, 0.3) is 0 Å². The van der Waals surface area contributed by atoms with Gasteiger partial charge in [-0.2, -0.15) is 0 Å². The topological polar surface area (TPSA) is 65.5 Å². The van der Waals surface area contributed by atoms with Gasteiger partial charge in [0.15, 0.2) is 5.96 Å². The van der Waals surface area contributed by atoms with Crippen molar-refractivity contribution in [2.24, 2.45) is 4.99 Å². The van der Waals surface area contributed by atoms with Crippen LogP contribution in [0.15, 0.2) is 23.2 Å². The molecule has 3 N–H and O–H groups in total. The van der Waals surface area contributed by atoms with Crippen LogP contribution in [0, 0.1) is 0 Å². The van der Waals surface area contributed by atoms with Gasteiger partial charge in [-0.1, -0.05) is 29.3 Å². The molecule has 0 aromatic heterocycles. The van der Waals surface area contributed by atoms with E-state index in [4.69, 9.17) is 23.2 Å². The number of likely N-dealkylation sites (N-methyl/N-ethyl adjacent to an activating group) is 1. The lowest BCUT2D eigenvalue weighted by Gasteiger charge is -2.11. The zero-order chi connectivity index (χ0) is 17.1. The van der Waals surface area contributed by atoms with Gasteiger partial charge in [-0.3, -0.25) is 4.79 Å². The van der Waals surface area contributed by atoms with Gasteiger partial charge in [-0.25, -0.2) is 4.99 Å². The quantitative estimate of drug-likeness (QED) is 0.380. The Morgan fingerprint density at radius 3 is 2.52 bits per heavy atom. The Balaban J connectivity index is 2.40. The number of nitrogens with zero attached hydrogens (tertiary/aromatic N) is 1. The summed E-state index contributed by atoms with van der Waals surface area (Å²) < 4.78 is 0. The van der Waals surface area contributed by atoms with E-state index in [1.807, 2.05) is 26.0 Å². The van der Waals surface area contributed by atoms with Crippen LogP contribution in [0.3, 0.4) is 0 Å². The van der Waals surface area contributed by atoms with E-state index in [0.29, 0.717) is 22.5 Å². The molecule has 0 fully saturated rings. The minimum absolute atomic E-state index is 0.0855. The molecule has 0 saturated carbocycles. The third-order valence-electron chi connectivity index (χ3n) is 3.03. The second-order valence-electron chi connectivity index (χ2n) is 4.91. The first-order chi connectivity index (χ1) is 11.1. The fourth-order valence-electron chi connectivity index (χ4n) is 1.96. The second-order valence-corrected chi connectivity index (χ2v) is 5.76. The maximum absolute atomic E-state index is 11.4. The zero-order valence-corrected chi connectivity index (χ0v) is 15.1. The normalized spacial score (nSPS) is 11.2. The Morgan fingerprint density at radius 1 is 1.13 bits per heavy atom. The molecule has 0 saturated heterocycles. The Bertz CT molecular complexity index is 535. The Kier molecular flexibility index (Phi) is 9.48. The Labute approximate surface area is 147 Å². The van der Waals surface area contributed by atoms with E-state index in [2.05, 4.69) is 20.9 Å². The lowest BCUT2D eigenvalue weighted by atomic mass is 10.1. The average Bonchev–Trinajstić information content (AvgIpc) is 2.51. The molecule has 7 heteroatoms. The summed E-state index contributed by atoms with van der Waals surface area (Å²) in [5.74, 6) is 0.554. The fraction of sp³-hybridized carbons (Fsp3) is 0.500. The summed E-state index contributed by atoms with van der Waals surface area (Å²) in [7, 11) is 0.